The van der Waals surface area contributed by atoms with Crippen molar-refractivity contribution < 1.29 is 9.78 Å². The fraction of sp³-hybridized carbons (Fsp3) is 0.143. The van der Waals surface area contributed by atoms with Crippen LogP contribution < -0.4 is 4.98 Å². The molecule has 2 nitrogen and oxygen atoms in total. The Kier molecular flexibility index (Phi) is 2.48. The molecule has 3 rings (SSSR count). The molecule has 0 atom stereocenters. The average Bonchev–Trinajstić information content (AvgIpc) is 2.49. The van der Waals surface area contributed by atoms with E-state index in [1.165, 1.54) is 0 Å². The van der Waals surface area contributed by atoms with Crippen LogP contribution in [0.3, 0.4) is 0 Å². The van der Waals surface area contributed by atoms with Crippen molar-refractivity contribution in [1.82, 2.24) is 0 Å². The van der Waals surface area contributed by atoms with Crippen molar-refractivity contribution in [2.45, 2.75) is 17.6 Å². The zero-order valence-electron chi connectivity index (χ0n) is 9.49. The molecule has 1 aromatic carbocycles. The molecule has 0 amide bonds. The zero-order chi connectivity index (χ0) is 11.8. The van der Waals surface area contributed by atoms with E-state index in [9.17, 15) is 4.79 Å². The van der Waals surface area contributed by atoms with E-state index >= 15 is 0 Å². The summed E-state index contributed by atoms with van der Waals surface area (Å²) < 4.78 is 0. The summed E-state index contributed by atoms with van der Waals surface area (Å²) in [5.74, 6) is 0.988. The number of nitrogens with one attached hydrogen (secondary N) is 1. The first-order valence-electron chi connectivity index (χ1n) is 5.53. The first kappa shape index (κ1) is 10.5. The van der Waals surface area contributed by atoms with Crippen LogP contribution >= 0.6 is 11.8 Å². The Hall–Kier alpha value is -1.61. The fourth-order valence-electron chi connectivity index (χ4n) is 2.15. The molecular weight excluding hydrogens is 230 g/mol. The molecule has 0 bridgehead atoms. The molecule has 0 unspecified atom stereocenters. The Balaban J connectivity index is 2.26. The molecule has 0 aliphatic carbocycles. The predicted molar refractivity (Wildman–Crippen MR) is 67.2 cm³/mol. The molecule has 17 heavy (non-hydrogen) atoms. The van der Waals surface area contributed by atoms with E-state index in [1.807, 2.05) is 43.6 Å². The van der Waals surface area contributed by atoms with E-state index in [1.54, 1.807) is 11.8 Å². The first-order chi connectivity index (χ1) is 8.27. The summed E-state index contributed by atoms with van der Waals surface area (Å²) >= 11 is 1.73. The van der Waals surface area contributed by atoms with Crippen molar-refractivity contribution in [2.75, 3.05) is 0 Å². The van der Waals surface area contributed by atoms with Gasteiger partial charge in [0, 0.05) is 33.4 Å². The Morgan fingerprint density at radius 1 is 1.29 bits per heavy atom. The van der Waals surface area contributed by atoms with Gasteiger partial charge in [0.15, 0.2) is 18.2 Å². The second-order valence-corrected chi connectivity index (χ2v) is 5.17. The Morgan fingerprint density at radius 2 is 2.18 bits per heavy atom. The van der Waals surface area contributed by atoms with Crippen LogP contribution in [0.1, 0.15) is 27.0 Å². The zero-order valence-corrected chi connectivity index (χ0v) is 10.3. The summed E-state index contributed by atoms with van der Waals surface area (Å²) in [6.07, 6.45) is 3.73. The summed E-state index contributed by atoms with van der Waals surface area (Å²) in [7, 11) is 0. The van der Waals surface area contributed by atoms with Crippen molar-refractivity contribution in [3.05, 3.63) is 58.9 Å². The number of hydrogen-bond donors (Lipinski definition) is 0. The van der Waals surface area contributed by atoms with Crippen LogP contribution in [-0.2, 0) is 5.75 Å². The van der Waals surface area contributed by atoms with Crippen LogP contribution in [0.2, 0.25) is 0 Å². The average molecular weight is 242 g/mol. The number of aryl methyl sites for hydroxylation is 1. The number of pyridine rings is 1. The quantitative estimate of drug-likeness (QED) is 0.711. The van der Waals surface area contributed by atoms with Gasteiger partial charge in [-0.1, -0.05) is 12.1 Å². The van der Waals surface area contributed by atoms with Gasteiger partial charge in [-0.15, -0.1) is 11.8 Å². The minimum atomic E-state index is 0.145. The van der Waals surface area contributed by atoms with Crippen molar-refractivity contribution in [2.24, 2.45) is 0 Å². The highest BCUT2D eigenvalue weighted by atomic mass is 32.2. The van der Waals surface area contributed by atoms with Gasteiger partial charge in [0.2, 0.25) is 0 Å². The highest BCUT2D eigenvalue weighted by Crippen LogP contribution is 2.34. The third-order valence-electron chi connectivity index (χ3n) is 3.04. The van der Waals surface area contributed by atoms with Crippen LogP contribution in [0.5, 0.6) is 0 Å². The smallest absolute Gasteiger partial charge is 0.195 e. The van der Waals surface area contributed by atoms with Gasteiger partial charge in [0.25, 0.3) is 0 Å². The second kappa shape index (κ2) is 4.00. The van der Waals surface area contributed by atoms with Crippen molar-refractivity contribution in [3.8, 4) is 0 Å². The van der Waals surface area contributed by atoms with Gasteiger partial charge in [0.1, 0.15) is 0 Å². The van der Waals surface area contributed by atoms with Gasteiger partial charge in [-0.05, 0) is 18.6 Å². The van der Waals surface area contributed by atoms with Crippen LogP contribution in [0.15, 0.2) is 41.6 Å². The maximum absolute atomic E-state index is 12.5. The highest BCUT2D eigenvalue weighted by molar-refractivity contribution is 7.98. The largest absolute Gasteiger partial charge is 0.289 e. The molecule has 1 aliphatic rings. The van der Waals surface area contributed by atoms with Crippen LogP contribution in [0, 0.1) is 6.92 Å². The second-order valence-electron chi connectivity index (χ2n) is 4.15. The van der Waals surface area contributed by atoms with Gasteiger partial charge in [-0.2, -0.15) is 0 Å². The SMILES string of the molecule is Cc1cccc2c1C(=O)c1cc[nH+]cc1CS2. The number of H-pyrrole nitrogens is 1. The summed E-state index contributed by atoms with van der Waals surface area (Å²) in [6.45, 7) is 2.00. The van der Waals surface area contributed by atoms with E-state index in [-0.39, 0.29) is 5.78 Å². The number of aromatic nitrogens is 1. The molecule has 0 radical (unpaired) electrons. The maximum atomic E-state index is 12.5. The minimum Gasteiger partial charge on any atom is -0.289 e. The summed E-state index contributed by atoms with van der Waals surface area (Å²) in [4.78, 5) is 16.7. The standard InChI is InChI=1S/C14H11NOS/c1-9-3-2-4-12-13(9)14(16)11-5-6-15-7-10(11)8-17-12/h2-7H,8H2,1H3/p+1. The maximum Gasteiger partial charge on any atom is 0.195 e. The molecule has 3 heteroatoms. The Labute approximate surface area is 104 Å². The van der Waals surface area contributed by atoms with E-state index < -0.39 is 0 Å². The number of ketones is 1. The number of aromatic amines is 1. The third-order valence-corrected chi connectivity index (χ3v) is 4.15. The van der Waals surface area contributed by atoms with E-state index in [0.29, 0.717) is 0 Å². The normalized spacial score (nSPS) is 13.8. The molecule has 0 fully saturated rings. The summed E-state index contributed by atoms with van der Waals surface area (Å²) in [5, 5.41) is 0. The molecule has 84 valence electrons. The molecule has 0 spiro atoms. The van der Waals surface area contributed by atoms with Gasteiger partial charge >= 0.3 is 0 Å². The number of rotatable bonds is 0. The lowest BCUT2D eigenvalue weighted by Crippen LogP contribution is -2.10. The third kappa shape index (κ3) is 1.67. The summed E-state index contributed by atoms with van der Waals surface area (Å²) in [5.41, 5.74) is 3.82. The fourth-order valence-corrected chi connectivity index (χ4v) is 3.27. The van der Waals surface area contributed by atoms with Crippen LogP contribution in [0.25, 0.3) is 0 Å². The van der Waals surface area contributed by atoms with Gasteiger partial charge in [-0.3, -0.25) is 4.79 Å². The Morgan fingerprint density at radius 3 is 3.06 bits per heavy atom. The topological polar surface area (TPSA) is 31.2 Å². The van der Waals surface area contributed by atoms with Crippen LogP contribution in [0.4, 0.5) is 0 Å². The van der Waals surface area contributed by atoms with Crippen molar-refractivity contribution in [1.29, 1.82) is 0 Å². The van der Waals surface area contributed by atoms with Crippen molar-refractivity contribution >= 4 is 17.5 Å². The lowest BCUT2D eigenvalue weighted by atomic mass is 9.97. The number of carbonyl (C=O) groups excluding carboxylic acids is 1. The molecule has 0 saturated heterocycles. The number of fused-ring (bicyclic) bond motifs is 2. The minimum absolute atomic E-state index is 0.145. The number of carbonyl (C=O) groups is 1. The molecule has 1 aliphatic heterocycles. The molecule has 2 aromatic rings. The predicted octanol–water partition coefficient (Wildman–Crippen LogP) is 2.65. The van der Waals surface area contributed by atoms with Gasteiger partial charge in [0.05, 0.1) is 0 Å². The molecule has 0 saturated carbocycles. The number of hydrogen-bond acceptors (Lipinski definition) is 2. The highest BCUT2D eigenvalue weighted by Gasteiger charge is 2.23. The lowest BCUT2D eigenvalue weighted by molar-refractivity contribution is -0.378. The number of thioether (sulfide) groups is 1. The van der Waals surface area contributed by atoms with Crippen molar-refractivity contribution in [3.63, 3.8) is 0 Å². The van der Waals surface area contributed by atoms with E-state index in [0.717, 1.165) is 32.9 Å². The Bertz CT molecular complexity index is 607. The van der Waals surface area contributed by atoms with E-state index in [4.69, 9.17) is 0 Å². The number of benzene rings is 1. The monoisotopic (exact) mass is 242 g/mol. The van der Waals surface area contributed by atoms with Gasteiger partial charge in [-0.25, -0.2) is 4.98 Å². The lowest BCUT2D eigenvalue weighted by Gasteiger charge is -2.06. The molecular formula is C14H12NOS+. The molecule has 1 aromatic heterocycles. The van der Waals surface area contributed by atoms with E-state index in [2.05, 4.69) is 4.98 Å². The molecule has 2 heterocycles. The first-order valence-corrected chi connectivity index (χ1v) is 6.52. The van der Waals surface area contributed by atoms with Gasteiger partial charge < -0.3 is 0 Å². The van der Waals surface area contributed by atoms with Crippen LogP contribution in [-0.4, -0.2) is 5.78 Å². The summed E-state index contributed by atoms with van der Waals surface area (Å²) in [6, 6.07) is 7.91. The molecule has 1 N–H and O–H groups in total.